The van der Waals surface area contributed by atoms with E-state index in [1.165, 1.54) is 7.11 Å². The SMILES string of the molecule is COC(=O)CCNCC(O)O. The third kappa shape index (κ3) is 7.24. The van der Waals surface area contributed by atoms with Crippen molar-refractivity contribution in [2.24, 2.45) is 0 Å². The maximum absolute atomic E-state index is 10.5. The van der Waals surface area contributed by atoms with Crippen LogP contribution in [0.4, 0.5) is 0 Å². The third-order valence-corrected chi connectivity index (χ3v) is 1.06. The van der Waals surface area contributed by atoms with E-state index >= 15 is 0 Å². The van der Waals surface area contributed by atoms with Gasteiger partial charge in [-0.05, 0) is 0 Å². The van der Waals surface area contributed by atoms with Gasteiger partial charge in [0, 0.05) is 13.1 Å². The normalized spacial score (nSPS) is 10.2. The number of methoxy groups -OCH3 is 1. The second-order valence-electron chi connectivity index (χ2n) is 2.01. The van der Waals surface area contributed by atoms with Crippen molar-refractivity contribution in [1.82, 2.24) is 5.32 Å². The van der Waals surface area contributed by atoms with Crippen molar-refractivity contribution in [3.8, 4) is 0 Å². The van der Waals surface area contributed by atoms with E-state index in [4.69, 9.17) is 10.2 Å². The smallest absolute Gasteiger partial charge is 0.306 e. The molecule has 0 saturated heterocycles. The number of aliphatic hydroxyl groups excluding tert-OH is 1. The topological polar surface area (TPSA) is 78.8 Å². The summed E-state index contributed by atoms with van der Waals surface area (Å²) in [6.45, 7) is 0.460. The number of hydrogen-bond donors (Lipinski definition) is 3. The molecule has 0 aliphatic carbocycles. The molecule has 0 amide bonds. The highest BCUT2D eigenvalue weighted by molar-refractivity contribution is 5.69. The van der Waals surface area contributed by atoms with Crippen LogP contribution < -0.4 is 5.32 Å². The highest BCUT2D eigenvalue weighted by Crippen LogP contribution is 1.80. The molecule has 3 N–H and O–H groups in total. The Kier molecular flexibility index (Phi) is 5.73. The molecule has 0 atom stereocenters. The van der Waals surface area contributed by atoms with Gasteiger partial charge < -0.3 is 20.3 Å². The number of carbonyl (C=O) groups is 1. The van der Waals surface area contributed by atoms with Crippen LogP contribution >= 0.6 is 0 Å². The third-order valence-electron chi connectivity index (χ3n) is 1.06. The van der Waals surface area contributed by atoms with Crippen LogP contribution in [-0.2, 0) is 9.53 Å². The van der Waals surface area contributed by atoms with Gasteiger partial charge >= 0.3 is 5.97 Å². The Labute approximate surface area is 65.0 Å². The lowest BCUT2D eigenvalue weighted by atomic mass is 10.4. The van der Waals surface area contributed by atoms with Crippen molar-refractivity contribution in [2.75, 3.05) is 20.2 Å². The quantitative estimate of drug-likeness (QED) is 0.260. The van der Waals surface area contributed by atoms with Gasteiger partial charge in [-0.2, -0.15) is 0 Å². The van der Waals surface area contributed by atoms with Gasteiger partial charge in [-0.3, -0.25) is 4.79 Å². The Morgan fingerprint density at radius 1 is 1.64 bits per heavy atom. The Bertz CT molecular complexity index is 115. The van der Waals surface area contributed by atoms with Gasteiger partial charge in [0.15, 0.2) is 6.29 Å². The van der Waals surface area contributed by atoms with Gasteiger partial charge in [-0.25, -0.2) is 0 Å². The van der Waals surface area contributed by atoms with Crippen molar-refractivity contribution in [1.29, 1.82) is 0 Å². The molecule has 11 heavy (non-hydrogen) atoms. The number of hydrogen-bond acceptors (Lipinski definition) is 5. The highest BCUT2D eigenvalue weighted by atomic mass is 16.5. The van der Waals surface area contributed by atoms with Crippen molar-refractivity contribution >= 4 is 5.97 Å². The fourth-order valence-corrected chi connectivity index (χ4v) is 0.524. The molecular weight excluding hydrogens is 150 g/mol. The monoisotopic (exact) mass is 163 g/mol. The summed E-state index contributed by atoms with van der Waals surface area (Å²) in [5, 5.41) is 19.4. The molecule has 0 saturated carbocycles. The van der Waals surface area contributed by atoms with Gasteiger partial charge in [0.2, 0.25) is 0 Å². The highest BCUT2D eigenvalue weighted by Gasteiger charge is 1.99. The largest absolute Gasteiger partial charge is 0.469 e. The van der Waals surface area contributed by atoms with E-state index in [1.807, 2.05) is 0 Å². The number of esters is 1. The summed E-state index contributed by atoms with van der Waals surface area (Å²) in [6.07, 6.45) is -1.13. The van der Waals surface area contributed by atoms with E-state index < -0.39 is 6.29 Å². The lowest BCUT2D eigenvalue weighted by Gasteiger charge is -2.04. The van der Waals surface area contributed by atoms with Crippen LogP contribution in [0.2, 0.25) is 0 Å². The molecule has 0 heterocycles. The predicted molar refractivity (Wildman–Crippen MR) is 37.7 cm³/mol. The summed E-state index contributed by atoms with van der Waals surface area (Å²) >= 11 is 0. The standard InChI is InChI=1S/C6H13NO4/c1-11-6(10)2-3-7-4-5(8)9/h5,7-9H,2-4H2,1H3. The molecule has 5 nitrogen and oxygen atoms in total. The molecule has 0 unspecified atom stereocenters. The Morgan fingerprint density at radius 3 is 2.73 bits per heavy atom. The van der Waals surface area contributed by atoms with Crippen LogP contribution in [0.5, 0.6) is 0 Å². The number of carbonyl (C=O) groups excluding carboxylic acids is 1. The fraction of sp³-hybridized carbons (Fsp3) is 0.833. The van der Waals surface area contributed by atoms with Crippen LogP contribution in [-0.4, -0.2) is 42.7 Å². The van der Waals surface area contributed by atoms with E-state index in [2.05, 4.69) is 10.1 Å². The predicted octanol–water partition coefficient (Wildman–Crippen LogP) is -1.55. The summed E-state index contributed by atoms with van der Waals surface area (Å²) in [6, 6.07) is 0. The zero-order chi connectivity index (χ0) is 8.69. The summed E-state index contributed by atoms with van der Waals surface area (Å²) < 4.78 is 4.35. The maximum Gasteiger partial charge on any atom is 0.306 e. The molecular formula is C6H13NO4. The lowest BCUT2D eigenvalue weighted by molar-refractivity contribution is -0.140. The van der Waals surface area contributed by atoms with E-state index in [0.29, 0.717) is 6.54 Å². The minimum Gasteiger partial charge on any atom is -0.469 e. The second-order valence-corrected chi connectivity index (χ2v) is 2.01. The summed E-state index contributed by atoms with van der Waals surface area (Å²) in [7, 11) is 1.31. The minimum atomic E-state index is -1.37. The minimum absolute atomic E-state index is 0.0665. The molecule has 0 bridgehead atoms. The molecule has 66 valence electrons. The van der Waals surface area contributed by atoms with Crippen molar-refractivity contribution in [3.63, 3.8) is 0 Å². The van der Waals surface area contributed by atoms with E-state index in [9.17, 15) is 4.79 Å². The molecule has 5 heteroatoms. The first-order valence-corrected chi connectivity index (χ1v) is 3.30. The van der Waals surface area contributed by atoms with Crippen LogP contribution in [0.15, 0.2) is 0 Å². The average molecular weight is 163 g/mol. The molecule has 0 aliphatic heterocycles. The molecule has 0 rings (SSSR count). The molecule has 0 radical (unpaired) electrons. The van der Waals surface area contributed by atoms with Crippen molar-refractivity contribution < 1.29 is 19.7 Å². The second kappa shape index (κ2) is 6.09. The first-order chi connectivity index (χ1) is 5.16. The number of ether oxygens (including phenoxy) is 1. The molecule has 0 spiro atoms. The van der Waals surface area contributed by atoms with Crippen LogP contribution in [0.3, 0.4) is 0 Å². The van der Waals surface area contributed by atoms with E-state index in [1.54, 1.807) is 0 Å². The Balaban J connectivity index is 3.08. The van der Waals surface area contributed by atoms with Crippen molar-refractivity contribution in [2.45, 2.75) is 12.7 Å². The van der Waals surface area contributed by atoms with Crippen LogP contribution in [0.25, 0.3) is 0 Å². The lowest BCUT2D eigenvalue weighted by Crippen LogP contribution is -2.28. The van der Waals surface area contributed by atoms with Gasteiger partial charge in [0.25, 0.3) is 0 Å². The van der Waals surface area contributed by atoms with E-state index in [0.717, 1.165) is 0 Å². The van der Waals surface area contributed by atoms with Gasteiger partial charge in [-0.1, -0.05) is 0 Å². The number of aliphatic hydroxyl groups is 2. The average Bonchev–Trinajstić information content (AvgIpc) is 1.97. The van der Waals surface area contributed by atoms with Gasteiger partial charge in [0.05, 0.1) is 13.5 Å². The number of nitrogens with one attached hydrogen (secondary N) is 1. The fourth-order valence-electron chi connectivity index (χ4n) is 0.524. The summed E-state index contributed by atoms with van der Waals surface area (Å²) in [5.74, 6) is -0.315. The number of rotatable bonds is 5. The zero-order valence-corrected chi connectivity index (χ0v) is 6.41. The van der Waals surface area contributed by atoms with Crippen LogP contribution in [0, 0.1) is 0 Å². The summed E-state index contributed by atoms with van der Waals surface area (Å²) in [5.41, 5.74) is 0. The maximum atomic E-state index is 10.5. The van der Waals surface area contributed by atoms with Gasteiger partial charge in [-0.15, -0.1) is 0 Å². The van der Waals surface area contributed by atoms with E-state index in [-0.39, 0.29) is 18.9 Å². The molecule has 0 aromatic heterocycles. The molecule has 0 fully saturated rings. The van der Waals surface area contributed by atoms with Crippen LogP contribution in [0.1, 0.15) is 6.42 Å². The molecule has 0 aromatic carbocycles. The van der Waals surface area contributed by atoms with Crippen molar-refractivity contribution in [3.05, 3.63) is 0 Å². The first-order valence-electron chi connectivity index (χ1n) is 3.30. The Hall–Kier alpha value is -0.650. The first kappa shape index (κ1) is 10.3. The molecule has 0 aromatic rings. The molecule has 0 aliphatic rings. The Morgan fingerprint density at radius 2 is 2.27 bits per heavy atom. The zero-order valence-electron chi connectivity index (χ0n) is 6.41. The van der Waals surface area contributed by atoms with Gasteiger partial charge in [0.1, 0.15) is 0 Å². The summed E-state index contributed by atoms with van der Waals surface area (Å²) in [4.78, 5) is 10.5.